The molecule has 24 heavy (non-hydrogen) atoms. The molecule has 1 aliphatic rings. The fraction of sp³-hybridized carbons (Fsp3) is 0.176. The summed E-state index contributed by atoms with van der Waals surface area (Å²) in [4.78, 5) is 17.4. The summed E-state index contributed by atoms with van der Waals surface area (Å²) in [5.41, 5.74) is 1.03. The zero-order valence-electron chi connectivity index (χ0n) is 12.7. The monoisotopic (exact) mass is 404 g/mol. The largest absolute Gasteiger partial charge is 0.485 e. The Balaban J connectivity index is 1.67. The average Bonchev–Trinajstić information content (AvgIpc) is 2.89. The molecule has 0 spiro atoms. The van der Waals surface area contributed by atoms with Crippen LogP contribution in [0.2, 0.25) is 0 Å². The number of nitrogens with zero attached hydrogens (tertiary/aromatic N) is 2. The van der Waals surface area contributed by atoms with Gasteiger partial charge in [0.2, 0.25) is 6.10 Å². The molecule has 7 heteroatoms. The van der Waals surface area contributed by atoms with Crippen molar-refractivity contribution in [3.63, 3.8) is 0 Å². The normalized spacial score (nSPS) is 17.2. The number of benzene rings is 2. The molecule has 122 valence electrons. The highest BCUT2D eigenvalue weighted by molar-refractivity contribution is 9.10. The summed E-state index contributed by atoms with van der Waals surface area (Å²) in [5.74, 6) is 0.881. The molecule has 0 N–H and O–H groups in total. The molecule has 0 unspecified atom stereocenters. The van der Waals surface area contributed by atoms with Crippen molar-refractivity contribution in [2.24, 2.45) is 12.0 Å². The van der Waals surface area contributed by atoms with Crippen molar-refractivity contribution in [1.82, 2.24) is 4.57 Å². The lowest BCUT2D eigenvalue weighted by atomic mass is 10.2. The first-order chi connectivity index (χ1) is 11.6. The predicted octanol–water partition coefficient (Wildman–Crippen LogP) is 3.27. The van der Waals surface area contributed by atoms with Crippen LogP contribution in [-0.4, -0.2) is 23.2 Å². The molecule has 3 aromatic rings. The number of hydrogen-bond acceptors (Lipinski definition) is 4. The highest BCUT2D eigenvalue weighted by Gasteiger charge is 2.27. The van der Waals surface area contributed by atoms with Crippen LogP contribution >= 0.6 is 27.3 Å². The van der Waals surface area contributed by atoms with E-state index in [2.05, 4.69) is 20.9 Å². The number of hydrogen-bond donors (Lipinski definition) is 0. The number of carbonyl (C=O) groups excluding carboxylic acids is 1. The quantitative estimate of drug-likeness (QED) is 0.625. The molecular weight excluding hydrogens is 392 g/mol. The third-order valence-electron chi connectivity index (χ3n) is 3.76. The number of fused-ring (bicyclic) bond motifs is 2. The predicted molar refractivity (Wildman–Crippen MR) is 95.4 cm³/mol. The molecule has 0 aliphatic carbocycles. The van der Waals surface area contributed by atoms with Gasteiger partial charge in [-0.3, -0.25) is 4.79 Å². The second kappa shape index (κ2) is 6.07. The Morgan fingerprint density at radius 3 is 2.92 bits per heavy atom. The first-order valence-corrected chi connectivity index (χ1v) is 8.95. The minimum atomic E-state index is -0.725. The molecule has 4 rings (SSSR count). The van der Waals surface area contributed by atoms with Crippen LogP contribution in [0.4, 0.5) is 0 Å². The Morgan fingerprint density at radius 1 is 1.29 bits per heavy atom. The van der Waals surface area contributed by atoms with Gasteiger partial charge in [0.05, 0.1) is 10.2 Å². The molecule has 0 bridgehead atoms. The van der Waals surface area contributed by atoms with E-state index < -0.39 is 6.10 Å². The van der Waals surface area contributed by atoms with E-state index in [-0.39, 0.29) is 12.5 Å². The SMILES string of the molecule is Cn1c(=NC(=O)[C@H]2COc3ccccc3O2)sc2cc(Br)ccc21. The van der Waals surface area contributed by atoms with Gasteiger partial charge in [-0.25, -0.2) is 0 Å². The number of carbonyl (C=O) groups is 1. The van der Waals surface area contributed by atoms with Crippen LogP contribution in [0.3, 0.4) is 0 Å². The molecule has 0 radical (unpaired) electrons. The van der Waals surface area contributed by atoms with Gasteiger partial charge >= 0.3 is 0 Å². The zero-order valence-corrected chi connectivity index (χ0v) is 15.1. The second-order valence-corrected chi connectivity index (χ2v) is 7.29. The Morgan fingerprint density at radius 2 is 2.08 bits per heavy atom. The maximum Gasteiger partial charge on any atom is 0.292 e. The van der Waals surface area contributed by atoms with E-state index in [1.54, 1.807) is 6.07 Å². The second-order valence-electron chi connectivity index (χ2n) is 5.37. The maximum atomic E-state index is 12.5. The molecule has 1 aliphatic heterocycles. The van der Waals surface area contributed by atoms with Crippen molar-refractivity contribution < 1.29 is 14.3 Å². The van der Waals surface area contributed by atoms with Crippen LogP contribution in [0.25, 0.3) is 10.2 Å². The van der Waals surface area contributed by atoms with Crippen molar-refractivity contribution in [2.45, 2.75) is 6.10 Å². The van der Waals surface area contributed by atoms with Crippen LogP contribution in [0, 0.1) is 0 Å². The fourth-order valence-electron chi connectivity index (χ4n) is 2.52. The third kappa shape index (κ3) is 2.74. The van der Waals surface area contributed by atoms with Gasteiger partial charge in [-0.05, 0) is 30.3 Å². The first-order valence-electron chi connectivity index (χ1n) is 7.34. The summed E-state index contributed by atoms with van der Waals surface area (Å²) in [6.45, 7) is 0.166. The summed E-state index contributed by atoms with van der Waals surface area (Å²) in [6.07, 6.45) is -0.725. The van der Waals surface area contributed by atoms with Gasteiger partial charge in [-0.2, -0.15) is 4.99 Å². The molecule has 0 fully saturated rings. The van der Waals surface area contributed by atoms with Crippen molar-refractivity contribution in [1.29, 1.82) is 0 Å². The van der Waals surface area contributed by atoms with Gasteiger partial charge in [0.25, 0.3) is 5.91 Å². The Labute approximate surface area is 150 Å². The van der Waals surface area contributed by atoms with Crippen LogP contribution in [-0.2, 0) is 11.8 Å². The molecule has 0 saturated heterocycles. The molecule has 5 nitrogen and oxygen atoms in total. The van der Waals surface area contributed by atoms with E-state index in [0.717, 1.165) is 14.7 Å². The number of amides is 1. The van der Waals surface area contributed by atoms with Gasteiger partial charge < -0.3 is 14.0 Å². The van der Waals surface area contributed by atoms with Crippen molar-refractivity contribution >= 4 is 43.4 Å². The van der Waals surface area contributed by atoms with Gasteiger partial charge in [-0.1, -0.05) is 39.4 Å². The topological polar surface area (TPSA) is 52.8 Å². The molecular formula is C17H13BrN2O3S. The molecule has 1 atom stereocenters. The van der Waals surface area contributed by atoms with Crippen LogP contribution < -0.4 is 14.3 Å². The number of aryl methyl sites for hydroxylation is 1. The summed E-state index contributed by atoms with van der Waals surface area (Å²) in [6, 6.07) is 13.3. The van der Waals surface area contributed by atoms with E-state index in [9.17, 15) is 4.79 Å². The minimum Gasteiger partial charge on any atom is -0.485 e. The van der Waals surface area contributed by atoms with E-state index in [1.165, 1.54) is 11.3 Å². The Bertz CT molecular complexity index is 1010. The van der Waals surface area contributed by atoms with Crippen molar-refractivity contribution in [3.05, 3.63) is 51.7 Å². The Hall–Kier alpha value is -2.12. The van der Waals surface area contributed by atoms with Gasteiger partial charge in [0.15, 0.2) is 16.3 Å². The van der Waals surface area contributed by atoms with Crippen molar-refractivity contribution in [3.8, 4) is 11.5 Å². The van der Waals surface area contributed by atoms with Crippen LogP contribution in [0.15, 0.2) is 51.9 Å². The zero-order chi connectivity index (χ0) is 16.7. The smallest absolute Gasteiger partial charge is 0.292 e. The van der Waals surface area contributed by atoms with E-state index >= 15 is 0 Å². The maximum absolute atomic E-state index is 12.5. The number of ether oxygens (including phenoxy) is 2. The van der Waals surface area contributed by atoms with E-state index in [4.69, 9.17) is 9.47 Å². The van der Waals surface area contributed by atoms with Gasteiger partial charge in [0.1, 0.15) is 6.61 Å². The lowest BCUT2D eigenvalue weighted by molar-refractivity contribution is -0.127. The molecule has 0 saturated carbocycles. The Kier molecular flexibility index (Phi) is 3.90. The average molecular weight is 405 g/mol. The highest BCUT2D eigenvalue weighted by Crippen LogP contribution is 2.31. The van der Waals surface area contributed by atoms with Crippen LogP contribution in [0.1, 0.15) is 0 Å². The number of halogens is 1. The molecule has 1 amide bonds. The standard InChI is InChI=1S/C17H13BrN2O3S/c1-20-11-7-6-10(18)8-15(11)24-17(20)19-16(21)14-9-22-12-4-2-3-5-13(12)23-14/h2-8,14H,9H2,1H3/t14-/m1/s1. The van der Waals surface area contributed by atoms with Gasteiger partial charge in [-0.15, -0.1) is 0 Å². The molecule has 2 aromatic carbocycles. The fourth-order valence-corrected chi connectivity index (χ4v) is 4.10. The first kappa shape index (κ1) is 15.4. The number of para-hydroxylation sites is 2. The summed E-state index contributed by atoms with van der Waals surface area (Å²) in [5, 5.41) is 0. The lowest BCUT2D eigenvalue weighted by Gasteiger charge is -2.23. The number of aromatic nitrogens is 1. The summed E-state index contributed by atoms with van der Waals surface area (Å²) in [7, 11) is 1.90. The lowest BCUT2D eigenvalue weighted by Crippen LogP contribution is -2.36. The molecule has 2 heterocycles. The number of rotatable bonds is 1. The van der Waals surface area contributed by atoms with E-state index in [0.29, 0.717) is 16.3 Å². The minimum absolute atomic E-state index is 0.166. The summed E-state index contributed by atoms with van der Waals surface area (Å²) >= 11 is 4.92. The van der Waals surface area contributed by atoms with Crippen molar-refractivity contribution in [2.75, 3.05) is 6.61 Å². The highest BCUT2D eigenvalue weighted by atomic mass is 79.9. The van der Waals surface area contributed by atoms with Gasteiger partial charge in [0, 0.05) is 11.5 Å². The molecule has 1 aromatic heterocycles. The number of thiazole rings is 1. The summed E-state index contributed by atoms with van der Waals surface area (Å²) < 4.78 is 15.3. The van der Waals surface area contributed by atoms with Crippen LogP contribution in [0.5, 0.6) is 11.5 Å². The van der Waals surface area contributed by atoms with E-state index in [1.807, 2.05) is 48.0 Å². The third-order valence-corrected chi connectivity index (χ3v) is 5.35.